The van der Waals surface area contributed by atoms with E-state index in [1.807, 2.05) is 0 Å². The Labute approximate surface area is 113 Å². The van der Waals surface area contributed by atoms with Gasteiger partial charge >= 0.3 is 0 Å². The second kappa shape index (κ2) is 7.49. The van der Waals surface area contributed by atoms with Gasteiger partial charge < -0.3 is 10.6 Å². The summed E-state index contributed by atoms with van der Waals surface area (Å²) >= 11 is 0. The van der Waals surface area contributed by atoms with Crippen molar-refractivity contribution >= 4 is 0 Å². The fraction of sp³-hybridized carbons (Fsp3) is 1.00. The number of nitrogens with zero attached hydrogens (tertiary/aromatic N) is 1. The van der Waals surface area contributed by atoms with Crippen molar-refractivity contribution in [3.63, 3.8) is 0 Å². The molecule has 106 valence electrons. The maximum atomic E-state index is 5.97. The summed E-state index contributed by atoms with van der Waals surface area (Å²) in [5.74, 6) is 1.68. The molecule has 2 atom stereocenters. The highest BCUT2D eigenvalue weighted by molar-refractivity contribution is 4.82. The topological polar surface area (TPSA) is 29.3 Å². The Hall–Kier alpha value is -0.0800. The van der Waals surface area contributed by atoms with Crippen LogP contribution >= 0.6 is 0 Å². The molecule has 0 bridgehead atoms. The summed E-state index contributed by atoms with van der Waals surface area (Å²) in [5.41, 5.74) is 5.97. The van der Waals surface area contributed by atoms with E-state index in [0.29, 0.717) is 0 Å². The molecule has 2 unspecified atom stereocenters. The molecule has 0 spiro atoms. The lowest BCUT2D eigenvalue weighted by atomic mass is 9.78. The molecule has 2 N–H and O–H groups in total. The quantitative estimate of drug-likeness (QED) is 0.812. The lowest BCUT2D eigenvalue weighted by molar-refractivity contribution is 0.103. The van der Waals surface area contributed by atoms with E-state index in [0.717, 1.165) is 24.4 Å². The average molecular weight is 252 g/mol. The second-order valence-electron chi connectivity index (χ2n) is 6.42. The standard InChI is InChI=1S/C16H32N2/c1-2-18(16-10-4-3-5-11-16)13-15-9-7-6-8-14(15)12-17/h14-16H,2-13,17H2,1H3. The molecule has 0 aromatic rings. The largest absolute Gasteiger partial charge is 0.330 e. The molecule has 0 aliphatic heterocycles. The van der Waals surface area contributed by atoms with Crippen molar-refractivity contribution in [3.8, 4) is 0 Å². The first-order valence-corrected chi connectivity index (χ1v) is 8.29. The predicted octanol–water partition coefficient (Wildman–Crippen LogP) is 3.41. The van der Waals surface area contributed by atoms with Gasteiger partial charge in [-0.2, -0.15) is 0 Å². The van der Waals surface area contributed by atoms with Crippen molar-refractivity contribution in [2.24, 2.45) is 17.6 Å². The molecule has 2 heteroatoms. The van der Waals surface area contributed by atoms with Crippen LogP contribution in [0.1, 0.15) is 64.7 Å². The molecule has 2 aliphatic carbocycles. The highest BCUT2D eigenvalue weighted by Crippen LogP contribution is 2.32. The van der Waals surface area contributed by atoms with Gasteiger partial charge in [-0.3, -0.25) is 0 Å². The summed E-state index contributed by atoms with van der Waals surface area (Å²) in [7, 11) is 0. The van der Waals surface area contributed by atoms with Crippen LogP contribution in [0.2, 0.25) is 0 Å². The normalized spacial score (nSPS) is 30.8. The van der Waals surface area contributed by atoms with Crippen LogP contribution in [0.5, 0.6) is 0 Å². The van der Waals surface area contributed by atoms with Gasteiger partial charge in [-0.05, 0) is 50.6 Å². The Balaban J connectivity index is 1.87. The lowest BCUT2D eigenvalue weighted by Crippen LogP contribution is -2.43. The Morgan fingerprint density at radius 1 is 0.889 bits per heavy atom. The van der Waals surface area contributed by atoms with Crippen molar-refractivity contribution in [2.75, 3.05) is 19.6 Å². The fourth-order valence-corrected chi connectivity index (χ4v) is 4.12. The summed E-state index contributed by atoms with van der Waals surface area (Å²) in [5, 5.41) is 0. The minimum absolute atomic E-state index is 0.802. The zero-order valence-corrected chi connectivity index (χ0v) is 12.2. The van der Waals surface area contributed by atoms with E-state index in [4.69, 9.17) is 5.73 Å². The summed E-state index contributed by atoms with van der Waals surface area (Å²) in [6.07, 6.45) is 12.9. The summed E-state index contributed by atoms with van der Waals surface area (Å²) in [6.45, 7) is 5.81. The highest BCUT2D eigenvalue weighted by atomic mass is 15.2. The van der Waals surface area contributed by atoms with Gasteiger partial charge in [-0.25, -0.2) is 0 Å². The van der Waals surface area contributed by atoms with E-state index >= 15 is 0 Å². The van der Waals surface area contributed by atoms with Crippen molar-refractivity contribution in [3.05, 3.63) is 0 Å². The van der Waals surface area contributed by atoms with E-state index in [9.17, 15) is 0 Å². The third-order valence-electron chi connectivity index (χ3n) is 5.34. The maximum Gasteiger partial charge on any atom is 0.00952 e. The third kappa shape index (κ3) is 3.71. The average Bonchev–Trinajstić information content (AvgIpc) is 2.46. The third-order valence-corrected chi connectivity index (χ3v) is 5.34. The predicted molar refractivity (Wildman–Crippen MR) is 78.6 cm³/mol. The van der Waals surface area contributed by atoms with Crippen LogP contribution in [0.4, 0.5) is 0 Å². The van der Waals surface area contributed by atoms with Crippen LogP contribution in [-0.4, -0.2) is 30.6 Å². The van der Waals surface area contributed by atoms with Crippen LogP contribution < -0.4 is 5.73 Å². The zero-order chi connectivity index (χ0) is 12.8. The van der Waals surface area contributed by atoms with Gasteiger partial charge in [0.05, 0.1) is 0 Å². The molecule has 2 saturated carbocycles. The molecule has 0 radical (unpaired) electrons. The van der Waals surface area contributed by atoms with Gasteiger partial charge in [-0.15, -0.1) is 0 Å². The number of hydrogen-bond acceptors (Lipinski definition) is 2. The van der Waals surface area contributed by atoms with Gasteiger partial charge in [-0.1, -0.05) is 39.0 Å². The molecule has 0 aromatic heterocycles. The first kappa shape index (κ1) is 14.3. The molecular weight excluding hydrogens is 220 g/mol. The lowest BCUT2D eigenvalue weighted by Gasteiger charge is -2.39. The molecule has 2 rings (SSSR count). The Kier molecular flexibility index (Phi) is 5.97. The molecule has 0 saturated heterocycles. The Morgan fingerprint density at radius 3 is 2.11 bits per heavy atom. The van der Waals surface area contributed by atoms with Crippen LogP contribution in [0.15, 0.2) is 0 Å². The minimum Gasteiger partial charge on any atom is -0.330 e. The monoisotopic (exact) mass is 252 g/mol. The van der Waals surface area contributed by atoms with Crippen molar-refractivity contribution in [1.82, 2.24) is 4.90 Å². The molecule has 2 nitrogen and oxygen atoms in total. The van der Waals surface area contributed by atoms with Crippen LogP contribution in [0.3, 0.4) is 0 Å². The molecule has 18 heavy (non-hydrogen) atoms. The first-order chi connectivity index (χ1) is 8.85. The maximum absolute atomic E-state index is 5.97. The van der Waals surface area contributed by atoms with E-state index in [1.165, 1.54) is 70.9 Å². The molecule has 2 aliphatic rings. The first-order valence-electron chi connectivity index (χ1n) is 8.29. The summed E-state index contributed by atoms with van der Waals surface area (Å²) in [4.78, 5) is 2.78. The van der Waals surface area contributed by atoms with E-state index in [2.05, 4.69) is 11.8 Å². The Morgan fingerprint density at radius 2 is 1.50 bits per heavy atom. The van der Waals surface area contributed by atoms with Crippen molar-refractivity contribution in [1.29, 1.82) is 0 Å². The smallest absolute Gasteiger partial charge is 0.00952 e. The van der Waals surface area contributed by atoms with E-state index < -0.39 is 0 Å². The number of nitrogens with two attached hydrogens (primary N) is 1. The summed E-state index contributed by atoms with van der Waals surface area (Å²) < 4.78 is 0. The molecule has 0 heterocycles. The van der Waals surface area contributed by atoms with Gasteiger partial charge in [0.2, 0.25) is 0 Å². The second-order valence-corrected chi connectivity index (χ2v) is 6.42. The Bertz CT molecular complexity index is 223. The number of hydrogen-bond donors (Lipinski definition) is 1. The summed E-state index contributed by atoms with van der Waals surface area (Å²) in [6, 6.07) is 0.879. The van der Waals surface area contributed by atoms with Gasteiger partial charge in [0.25, 0.3) is 0 Å². The van der Waals surface area contributed by atoms with Crippen LogP contribution in [0, 0.1) is 11.8 Å². The molecule has 0 amide bonds. The van der Waals surface area contributed by atoms with E-state index in [1.54, 1.807) is 0 Å². The number of rotatable bonds is 5. The van der Waals surface area contributed by atoms with Crippen LogP contribution in [-0.2, 0) is 0 Å². The van der Waals surface area contributed by atoms with Gasteiger partial charge in [0, 0.05) is 12.6 Å². The van der Waals surface area contributed by atoms with Crippen LogP contribution in [0.25, 0.3) is 0 Å². The van der Waals surface area contributed by atoms with Crippen molar-refractivity contribution < 1.29 is 0 Å². The highest BCUT2D eigenvalue weighted by Gasteiger charge is 2.28. The molecule has 0 aromatic carbocycles. The molecule has 2 fully saturated rings. The zero-order valence-electron chi connectivity index (χ0n) is 12.2. The van der Waals surface area contributed by atoms with Gasteiger partial charge in [0.1, 0.15) is 0 Å². The van der Waals surface area contributed by atoms with Gasteiger partial charge in [0.15, 0.2) is 0 Å². The minimum atomic E-state index is 0.802. The molecular formula is C16H32N2. The van der Waals surface area contributed by atoms with E-state index in [-0.39, 0.29) is 0 Å². The fourth-order valence-electron chi connectivity index (χ4n) is 4.12. The van der Waals surface area contributed by atoms with Crippen molar-refractivity contribution in [2.45, 2.75) is 70.8 Å². The SMILES string of the molecule is CCN(CC1CCCCC1CN)C1CCCCC1.